The summed E-state index contributed by atoms with van der Waals surface area (Å²) in [7, 11) is 0. The van der Waals surface area contributed by atoms with E-state index in [0.717, 1.165) is 25.7 Å². The van der Waals surface area contributed by atoms with Crippen molar-refractivity contribution in [3.8, 4) is 0 Å². The number of nitrogens with zero attached hydrogens (tertiary/aromatic N) is 1. The van der Waals surface area contributed by atoms with Crippen molar-refractivity contribution in [2.24, 2.45) is 11.7 Å². The Bertz CT molecular complexity index is 235. The fourth-order valence-electron chi connectivity index (χ4n) is 1.76. The molecule has 0 radical (unpaired) electrons. The van der Waals surface area contributed by atoms with Crippen molar-refractivity contribution in [1.29, 1.82) is 0 Å². The van der Waals surface area contributed by atoms with Gasteiger partial charge < -0.3 is 11.1 Å². The summed E-state index contributed by atoms with van der Waals surface area (Å²) in [5.41, 5.74) is 5.68. The van der Waals surface area contributed by atoms with Gasteiger partial charge in [-0.2, -0.15) is 0 Å². The Morgan fingerprint density at radius 3 is 2.33 bits per heavy atom. The van der Waals surface area contributed by atoms with Crippen molar-refractivity contribution in [2.45, 2.75) is 45.7 Å². The highest BCUT2D eigenvalue weighted by molar-refractivity contribution is 5.85. The van der Waals surface area contributed by atoms with Crippen LogP contribution in [0.5, 0.6) is 0 Å². The van der Waals surface area contributed by atoms with Crippen molar-refractivity contribution in [3.63, 3.8) is 0 Å². The van der Waals surface area contributed by atoms with Gasteiger partial charge in [-0.25, -0.2) is 0 Å². The van der Waals surface area contributed by atoms with Gasteiger partial charge in [-0.3, -0.25) is 9.69 Å². The number of nitrogens with one attached hydrogen (secondary N) is 1. The molecule has 1 amide bonds. The smallest absolute Gasteiger partial charge is 0.224 e. The van der Waals surface area contributed by atoms with E-state index < -0.39 is 0 Å². The number of hydrogen-bond acceptors (Lipinski definition) is 3. The summed E-state index contributed by atoms with van der Waals surface area (Å²) in [6.07, 6.45) is 2.63. The van der Waals surface area contributed by atoms with E-state index in [0.29, 0.717) is 0 Å². The maximum absolute atomic E-state index is 11.6. The van der Waals surface area contributed by atoms with E-state index in [1.807, 2.05) is 13.8 Å². The number of halogens is 2. The second kappa shape index (κ2) is 9.84. The van der Waals surface area contributed by atoms with Gasteiger partial charge in [-0.15, -0.1) is 24.8 Å². The Hall–Kier alpha value is -0.0300. The van der Waals surface area contributed by atoms with Gasteiger partial charge in [-0.1, -0.05) is 13.8 Å². The highest BCUT2D eigenvalue weighted by Gasteiger charge is 2.27. The molecule has 3 N–H and O–H groups in total. The fourth-order valence-corrected chi connectivity index (χ4v) is 1.76. The van der Waals surface area contributed by atoms with Crippen LogP contribution in [0.15, 0.2) is 0 Å². The summed E-state index contributed by atoms with van der Waals surface area (Å²) in [6.45, 7) is 8.68. The van der Waals surface area contributed by atoms with E-state index in [2.05, 4.69) is 17.1 Å². The zero-order chi connectivity index (χ0) is 12.1. The zero-order valence-electron chi connectivity index (χ0n) is 11.5. The van der Waals surface area contributed by atoms with Crippen LogP contribution >= 0.6 is 24.8 Å². The van der Waals surface area contributed by atoms with E-state index in [1.54, 1.807) is 0 Å². The fraction of sp³-hybridized carbons (Fsp3) is 0.917. The summed E-state index contributed by atoms with van der Waals surface area (Å²) < 4.78 is 0. The molecule has 0 heterocycles. The van der Waals surface area contributed by atoms with E-state index in [1.165, 1.54) is 12.8 Å². The highest BCUT2D eigenvalue weighted by Crippen LogP contribution is 2.25. The molecule has 1 saturated carbocycles. The second-order valence-electron chi connectivity index (χ2n) is 4.80. The zero-order valence-corrected chi connectivity index (χ0v) is 13.1. The topological polar surface area (TPSA) is 58.4 Å². The SMILES string of the molecule is CCN(CCNC(=O)C(C)C(C)N)C1CC1.Cl.Cl. The minimum absolute atomic E-state index is 0. The molecular weight excluding hydrogens is 273 g/mol. The molecule has 2 unspecified atom stereocenters. The first-order chi connectivity index (χ1) is 7.56. The Morgan fingerprint density at radius 1 is 1.39 bits per heavy atom. The molecule has 1 aliphatic rings. The van der Waals surface area contributed by atoms with Crippen LogP contribution in [0.25, 0.3) is 0 Å². The molecule has 2 atom stereocenters. The number of likely N-dealkylation sites (N-methyl/N-ethyl adjacent to an activating group) is 1. The van der Waals surface area contributed by atoms with Crippen LogP contribution in [0.2, 0.25) is 0 Å². The van der Waals surface area contributed by atoms with Gasteiger partial charge in [0.2, 0.25) is 5.91 Å². The van der Waals surface area contributed by atoms with E-state index >= 15 is 0 Å². The van der Waals surface area contributed by atoms with Gasteiger partial charge in [0.05, 0.1) is 0 Å². The highest BCUT2D eigenvalue weighted by atomic mass is 35.5. The minimum atomic E-state index is -0.101. The molecule has 0 aliphatic heterocycles. The molecule has 1 fully saturated rings. The summed E-state index contributed by atoms with van der Waals surface area (Å²) >= 11 is 0. The van der Waals surface area contributed by atoms with E-state index in [4.69, 9.17) is 5.73 Å². The van der Waals surface area contributed by atoms with Crippen LogP contribution in [0, 0.1) is 5.92 Å². The minimum Gasteiger partial charge on any atom is -0.355 e. The summed E-state index contributed by atoms with van der Waals surface area (Å²) in [6, 6.07) is 0.693. The number of carbonyl (C=O) groups excluding carboxylic acids is 1. The Labute approximate surface area is 123 Å². The van der Waals surface area contributed by atoms with Crippen molar-refractivity contribution >= 4 is 30.7 Å². The largest absolute Gasteiger partial charge is 0.355 e. The predicted molar refractivity (Wildman–Crippen MR) is 80.6 cm³/mol. The van der Waals surface area contributed by atoms with Gasteiger partial charge in [-0.05, 0) is 26.3 Å². The lowest BCUT2D eigenvalue weighted by atomic mass is 10.0. The summed E-state index contributed by atoms with van der Waals surface area (Å²) in [5, 5.41) is 2.95. The van der Waals surface area contributed by atoms with Gasteiger partial charge in [0.1, 0.15) is 0 Å². The number of nitrogens with two attached hydrogens (primary N) is 1. The first-order valence-corrected chi connectivity index (χ1v) is 6.33. The molecule has 0 aromatic rings. The van der Waals surface area contributed by atoms with Crippen LogP contribution in [0.4, 0.5) is 0 Å². The molecule has 1 aliphatic carbocycles. The Kier molecular flexibility index (Phi) is 11.1. The molecule has 6 heteroatoms. The number of carbonyl (C=O) groups is 1. The van der Waals surface area contributed by atoms with Crippen LogP contribution in [-0.4, -0.2) is 42.5 Å². The van der Waals surface area contributed by atoms with Crippen molar-refractivity contribution < 1.29 is 4.79 Å². The standard InChI is InChI=1S/C12H25N3O.2ClH/c1-4-15(11-5-6-11)8-7-14-12(16)9(2)10(3)13;;/h9-11H,4-8,13H2,1-3H3,(H,14,16);2*1H. The van der Waals surface area contributed by atoms with Gasteiger partial charge in [0.25, 0.3) is 0 Å². The van der Waals surface area contributed by atoms with Crippen LogP contribution < -0.4 is 11.1 Å². The molecule has 4 nitrogen and oxygen atoms in total. The predicted octanol–water partition coefficient (Wildman–Crippen LogP) is 1.41. The lowest BCUT2D eigenvalue weighted by molar-refractivity contribution is -0.124. The molecule has 110 valence electrons. The maximum atomic E-state index is 11.6. The van der Waals surface area contributed by atoms with Crippen LogP contribution in [0.3, 0.4) is 0 Å². The molecule has 0 saturated heterocycles. The number of hydrogen-bond donors (Lipinski definition) is 2. The van der Waals surface area contributed by atoms with Crippen LogP contribution in [-0.2, 0) is 4.79 Å². The lowest BCUT2D eigenvalue weighted by Crippen LogP contribution is -2.42. The van der Waals surface area contributed by atoms with Gasteiger partial charge >= 0.3 is 0 Å². The van der Waals surface area contributed by atoms with Crippen LogP contribution in [0.1, 0.15) is 33.6 Å². The molecule has 0 spiro atoms. The molecule has 18 heavy (non-hydrogen) atoms. The average molecular weight is 300 g/mol. The molecule has 0 aromatic heterocycles. The molecular formula is C12H27Cl2N3O. The van der Waals surface area contributed by atoms with Crippen molar-refractivity contribution in [3.05, 3.63) is 0 Å². The summed E-state index contributed by atoms with van der Waals surface area (Å²) in [5.74, 6) is -0.0298. The van der Waals surface area contributed by atoms with Crippen molar-refractivity contribution in [2.75, 3.05) is 19.6 Å². The Balaban J connectivity index is 0. The first-order valence-electron chi connectivity index (χ1n) is 6.33. The quantitative estimate of drug-likeness (QED) is 0.747. The monoisotopic (exact) mass is 299 g/mol. The third-order valence-electron chi connectivity index (χ3n) is 3.37. The van der Waals surface area contributed by atoms with E-state index in [9.17, 15) is 4.79 Å². The summed E-state index contributed by atoms with van der Waals surface area (Å²) in [4.78, 5) is 14.1. The van der Waals surface area contributed by atoms with E-state index in [-0.39, 0.29) is 42.7 Å². The molecule has 0 bridgehead atoms. The van der Waals surface area contributed by atoms with Gasteiger partial charge in [0.15, 0.2) is 0 Å². The lowest BCUT2D eigenvalue weighted by Gasteiger charge is -2.21. The number of rotatable bonds is 7. The second-order valence-corrected chi connectivity index (χ2v) is 4.80. The molecule has 1 rings (SSSR count). The third-order valence-corrected chi connectivity index (χ3v) is 3.37. The number of amides is 1. The average Bonchev–Trinajstić information content (AvgIpc) is 3.06. The Morgan fingerprint density at radius 2 is 1.94 bits per heavy atom. The molecule has 0 aromatic carbocycles. The van der Waals surface area contributed by atoms with Crippen molar-refractivity contribution in [1.82, 2.24) is 10.2 Å². The normalized spacial score (nSPS) is 17.4. The third kappa shape index (κ3) is 6.78. The first kappa shape index (κ1) is 20.3. The maximum Gasteiger partial charge on any atom is 0.224 e. The van der Waals surface area contributed by atoms with Gasteiger partial charge in [0, 0.05) is 31.1 Å².